The van der Waals surface area contributed by atoms with Crippen LogP contribution in [0.5, 0.6) is 0 Å². The van der Waals surface area contributed by atoms with E-state index in [0.717, 1.165) is 12.1 Å². The quantitative estimate of drug-likeness (QED) is 0.666. The largest absolute Gasteiger partial charge is 0.337 e. The van der Waals surface area contributed by atoms with Gasteiger partial charge in [0.25, 0.3) is 5.69 Å². The Hall–Kier alpha value is -2.44. The van der Waals surface area contributed by atoms with Crippen LogP contribution in [0.3, 0.4) is 0 Å². The molecule has 2 aromatic rings. The Morgan fingerprint density at radius 1 is 1.45 bits per heavy atom. The number of non-ortho nitro benzene ring substituents is 1. The molecule has 0 atom stereocenters. The normalized spacial score (nSPS) is 10.8. The molecular formula is C13H16N4O3. The van der Waals surface area contributed by atoms with Crippen LogP contribution in [0.4, 0.5) is 11.7 Å². The van der Waals surface area contributed by atoms with Gasteiger partial charge in [0, 0.05) is 24.2 Å². The highest BCUT2D eigenvalue weighted by Crippen LogP contribution is 2.26. The molecule has 106 valence electrons. The van der Waals surface area contributed by atoms with Crippen molar-refractivity contribution in [1.29, 1.82) is 0 Å². The Balaban J connectivity index is 2.27. The Labute approximate surface area is 116 Å². The van der Waals surface area contributed by atoms with E-state index in [-0.39, 0.29) is 5.69 Å². The molecule has 7 heteroatoms. The summed E-state index contributed by atoms with van der Waals surface area (Å²) >= 11 is 0. The molecule has 1 heterocycles. The van der Waals surface area contributed by atoms with Crippen molar-refractivity contribution < 1.29 is 9.45 Å². The van der Waals surface area contributed by atoms with E-state index in [1.165, 1.54) is 12.1 Å². The van der Waals surface area contributed by atoms with Gasteiger partial charge in [0.05, 0.1) is 4.92 Å². The van der Waals surface area contributed by atoms with Gasteiger partial charge in [0.15, 0.2) is 0 Å². The molecule has 20 heavy (non-hydrogen) atoms. The summed E-state index contributed by atoms with van der Waals surface area (Å²) in [6, 6.07) is 4.90. The zero-order valence-corrected chi connectivity index (χ0v) is 11.6. The van der Waals surface area contributed by atoms with E-state index in [1.807, 2.05) is 6.92 Å². The summed E-state index contributed by atoms with van der Waals surface area (Å²) in [6.45, 7) is 6.69. The number of nitro groups is 1. The third kappa shape index (κ3) is 3.11. The molecule has 0 spiro atoms. The fourth-order valence-corrected chi connectivity index (χ4v) is 1.66. The molecular weight excluding hydrogens is 260 g/mol. The lowest BCUT2D eigenvalue weighted by Gasteiger charge is -2.02. The van der Waals surface area contributed by atoms with Crippen LogP contribution in [-0.4, -0.2) is 21.6 Å². The monoisotopic (exact) mass is 276 g/mol. The van der Waals surface area contributed by atoms with Gasteiger partial charge >= 0.3 is 6.01 Å². The van der Waals surface area contributed by atoms with E-state index in [9.17, 15) is 10.1 Å². The van der Waals surface area contributed by atoms with E-state index in [0.29, 0.717) is 23.3 Å². The van der Waals surface area contributed by atoms with Gasteiger partial charge in [-0.1, -0.05) is 25.1 Å². The predicted octanol–water partition coefficient (Wildman–Crippen LogP) is 3.02. The molecule has 7 nitrogen and oxygen atoms in total. The van der Waals surface area contributed by atoms with E-state index >= 15 is 0 Å². The highest BCUT2D eigenvalue weighted by Gasteiger charge is 2.15. The number of anilines is 1. The lowest BCUT2D eigenvalue weighted by molar-refractivity contribution is -0.384. The fraction of sp³-hybridized carbons (Fsp3) is 0.385. The molecule has 0 fully saturated rings. The molecule has 0 bridgehead atoms. The molecule has 0 saturated carbocycles. The van der Waals surface area contributed by atoms with Gasteiger partial charge in [-0.15, -0.1) is 0 Å². The Bertz CT molecular complexity index is 622. The second kappa shape index (κ2) is 5.68. The molecule has 0 aliphatic rings. The van der Waals surface area contributed by atoms with Crippen LogP contribution in [0.2, 0.25) is 0 Å². The van der Waals surface area contributed by atoms with Crippen molar-refractivity contribution in [3.8, 4) is 11.4 Å². The maximum absolute atomic E-state index is 10.8. The zero-order chi connectivity index (χ0) is 14.7. The van der Waals surface area contributed by atoms with Crippen LogP contribution >= 0.6 is 0 Å². The second-order valence-corrected chi connectivity index (χ2v) is 4.95. The van der Waals surface area contributed by atoms with Gasteiger partial charge in [0.2, 0.25) is 5.82 Å². The molecule has 2 rings (SSSR count). The molecule has 0 amide bonds. The summed E-state index contributed by atoms with van der Waals surface area (Å²) in [7, 11) is 0. The lowest BCUT2D eigenvalue weighted by Crippen LogP contribution is -2.07. The second-order valence-electron chi connectivity index (χ2n) is 4.95. The number of hydrogen-bond acceptors (Lipinski definition) is 6. The Morgan fingerprint density at radius 3 is 2.85 bits per heavy atom. The summed E-state index contributed by atoms with van der Waals surface area (Å²) in [4.78, 5) is 14.6. The summed E-state index contributed by atoms with van der Waals surface area (Å²) in [5.41, 5.74) is 1.46. The van der Waals surface area contributed by atoms with Crippen molar-refractivity contribution in [1.82, 2.24) is 10.1 Å². The molecule has 0 radical (unpaired) electrons. The summed E-state index contributed by atoms with van der Waals surface area (Å²) < 4.78 is 5.08. The first-order chi connectivity index (χ1) is 9.47. The number of rotatable bonds is 5. The average Bonchev–Trinajstić information content (AvgIpc) is 2.85. The van der Waals surface area contributed by atoms with Crippen LogP contribution in [0.25, 0.3) is 11.4 Å². The van der Waals surface area contributed by atoms with Crippen molar-refractivity contribution in [2.45, 2.75) is 20.8 Å². The standard InChI is InChI=1S/C13H16N4O3/c1-8(2)7-14-13-15-12(16-20-13)11-6-10(17(18)19)5-4-9(11)3/h4-6,8H,7H2,1-3H3,(H,14,15,16). The minimum absolute atomic E-state index is 0.00656. The van der Waals surface area contributed by atoms with Crippen LogP contribution in [0.1, 0.15) is 19.4 Å². The van der Waals surface area contributed by atoms with Crippen molar-refractivity contribution >= 4 is 11.7 Å². The van der Waals surface area contributed by atoms with Crippen molar-refractivity contribution in [3.63, 3.8) is 0 Å². The minimum atomic E-state index is -0.444. The third-order valence-corrected chi connectivity index (χ3v) is 2.76. The molecule has 0 unspecified atom stereocenters. The van der Waals surface area contributed by atoms with E-state index in [2.05, 4.69) is 29.3 Å². The van der Waals surface area contributed by atoms with E-state index < -0.39 is 4.92 Å². The van der Waals surface area contributed by atoms with Crippen LogP contribution in [0.15, 0.2) is 22.7 Å². The van der Waals surface area contributed by atoms with Crippen molar-refractivity contribution in [2.75, 3.05) is 11.9 Å². The molecule has 1 N–H and O–H groups in total. The van der Waals surface area contributed by atoms with Crippen LogP contribution < -0.4 is 5.32 Å². The predicted molar refractivity (Wildman–Crippen MR) is 74.5 cm³/mol. The number of benzene rings is 1. The highest BCUT2D eigenvalue weighted by molar-refractivity contribution is 5.64. The molecule has 0 aliphatic heterocycles. The summed E-state index contributed by atoms with van der Waals surface area (Å²) in [5, 5.41) is 17.7. The van der Waals surface area contributed by atoms with E-state index in [1.54, 1.807) is 6.07 Å². The number of nitrogens with zero attached hydrogens (tertiary/aromatic N) is 3. The van der Waals surface area contributed by atoms with Crippen LogP contribution in [0, 0.1) is 23.0 Å². The number of nitro benzene ring substituents is 1. The number of nitrogens with one attached hydrogen (secondary N) is 1. The van der Waals surface area contributed by atoms with Gasteiger partial charge in [0.1, 0.15) is 0 Å². The smallest absolute Gasteiger partial charge is 0.321 e. The molecule has 0 aliphatic carbocycles. The fourth-order valence-electron chi connectivity index (χ4n) is 1.66. The lowest BCUT2D eigenvalue weighted by atomic mass is 10.1. The number of aromatic nitrogens is 2. The highest BCUT2D eigenvalue weighted by atomic mass is 16.6. The molecule has 1 aromatic carbocycles. The molecule has 0 saturated heterocycles. The Kier molecular flexibility index (Phi) is 3.97. The maximum Gasteiger partial charge on any atom is 0.321 e. The SMILES string of the molecule is Cc1ccc([N+](=O)[O-])cc1-c1noc(NCC(C)C)n1. The summed E-state index contributed by atoms with van der Waals surface area (Å²) in [6.07, 6.45) is 0. The first-order valence-electron chi connectivity index (χ1n) is 6.30. The van der Waals surface area contributed by atoms with Gasteiger partial charge in [-0.05, 0) is 18.4 Å². The molecule has 1 aromatic heterocycles. The summed E-state index contributed by atoms with van der Waals surface area (Å²) in [5.74, 6) is 0.794. The van der Waals surface area contributed by atoms with Crippen molar-refractivity contribution in [3.05, 3.63) is 33.9 Å². The van der Waals surface area contributed by atoms with Crippen LogP contribution in [-0.2, 0) is 0 Å². The topological polar surface area (TPSA) is 94.1 Å². The van der Waals surface area contributed by atoms with Crippen molar-refractivity contribution in [2.24, 2.45) is 5.92 Å². The minimum Gasteiger partial charge on any atom is -0.337 e. The first-order valence-corrected chi connectivity index (χ1v) is 6.30. The third-order valence-electron chi connectivity index (χ3n) is 2.76. The van der Waals surface area contributed by atoms with Gasteiger partial charge in [-0.3, -0.25) is 10.1 Å². The maximum atomic E-state index is 10.8. The number of aryl methyl sites for hydroxylation is 1. The van der Waals surface area contributed by atoms with E-state index in [4.69, 9.17) is 4.52 Å². The number of hydrogen-bond donors (Lipinski definition) is 1. The first kappa shape index (κ1) is 14.0. The zero-order valence-electron chi connectivity index (χ0n) is 11.6. The van der Waals surface area contributed by atoms with Gasteiger partial charge in [-0.25, -0.2) is 0 Å². The Morgan fingerprint density at radius 2 is 2.20 bits per heavy atom. The van der Waals surface area contributed by atoms with Gasteiger partial charge < -0.3 is 9.84 Å². The average molecular weight is 276 g/mol. The van der Waals surface area contributed by atoms with Gasteiger partial charge in [-0.2, -0.15) is 4.98 Å².